The van der Waals surface area contributed by atoms with Crippen molar-refractivity contribution in [3.05, 3.63) is 49.2 Å². The SMILES string of the molecule is C=CC(Cl)Oc1ccc2cccnc2c1. The molecule has 0 saturated carbocycles. The first-order valence-electron chi connectivity index (χ1n) is 4.57. The van der Waals surface area contributed by atoms with E-state index in [9.17, 15) is 0 Å². The monoisotopic (exact) mass is 219 g/mol. The molecule has 1 heterocycles. The van der Waals surface area contributed by atoms with E-state index in [0.29, 0.717) is 5.75 Å². The van der Waals surface area contributed by atoms with Crippen LogP contribution >= 0.6 is 11.6 Å². The molecule has 1 aromatic carbocycles. The molecule has 0 fully saturated rings. The van der Waals surface area contributed by atoms with Gasteiger partial charge in [-0.2, -0.15) is 0 Å². The van der Waals surface area contributed by atoms with Crippen molar-refractivity contribution in [1.82, 2.24) is 4.98 Å². The maximum atomic E-state index is 5.79. The van der Waals surface area contributed by atoms with Crippen molar-refractivity contribution in [1.29, 1.82) is 0 Å². The molecule has 0 bridgehead atoms. The Bertz CT molecular complexity index is 484. The number of halogens is 1. The Kier molecular flexibility index (Phi) is 2.88. The lowest BCUT2D eigenvalue weighted by Gasteiger charge is -2.08. The van der Waals surface area contributed by atoms with Crippen LogP contribution in [0.4, 0.5) is 0 Å². The molecule has 0 aliphatic heterocycles. The second-order valence-corrected chi connectivity index (χ2v) is 3.49. The van der Waals surface area contributed by atoms with Crippen molar-refractivity contribution in [2.45, 2.75) is 5.56 Å². The molecular weight excluding hydrogens is 210 g/mol. The van der Waals surface area contributed by atoms with Gasteiger partial charge in [0.1, 0.15) is 5.75 Å². The van der Waals surface area contributed by atoms with Gasteiger partial charge in [-0.25, -0.2) is 0 Å². The van der Waals surface area contributed by atoms with Gasteiger partial charge in [-0.1, -0.05) is 24.2 Å². The summed E-state index contributed by atoms with van der Waals surface area (Å²) in [6.45, 7) is 3.55. The van der Waals surface area contributed by atoms with Crippen LogP contribution in [0.5, 0.6) is 5.75 Å². The smallest absolute Gasteiger partial charge is 0.190 e. The highest BCUT2D eigenvalue weighted by Gasteiger charge is 2.02. The van der Waals surface area contributed by atoms with Gasteiger partial charge >= 0.3 is 0 Å². The second kappa shape index (κ2) is 4.32. The number of hydrogen-bond acceptors (Lipinski definition) is 2. The van der Waals surface area contributed by atoms with Gasteiger partial charge in [-0.15, -0.1) is 0 Å². The third kappa shape index (κ3) is 2.28. The minimum Gasteiger partial charge on any atom is -0.471 e. The molecule has 3 heteroatoms. The van der Waals surface area contributed by atoms with Crippen molar-refractivity contribution in [3.63, 3.8) is 0 Å². The van der Waals surface area contributed by atoms with E-state index in [2.05, 4.69) is 11.6 Å². The highest BCUT2D eigenvalue weighted by atomic mass is 35.5. The first-order chi connectivity index (χ1) is 7.29. The van der Waals surface area contributed by atoms with Crippen molar-refractivity contribution in [2.24, 2.45) is 0 Å². The lowest BCUT2D eigenvalue weighted by molar-refractivity contribution is 0.327. The lowest BCUT2D eigenvalue weighted by atomic mass is 10.2. The zero-order valence-corrected chi connectivity index (χ0v) is 8.82. The minimum absolute atomic E-state index is 0.508. The van der Waals surface area contributed by atoms with Crippen molar-refractivity contribution < 1.29 is 4.74 Å². The summed E-state index contributed by atoms with van der Waals surface area (Å²) < 4.78 is 5.38. The molecule has 0 aliphatic carbocycles. The number of ether oxygens (including phenoxy) is 1. The van der Waals surface area contributed by atoms with Crippen LogP contribution in [-0.4, -0.2) is 10.5 Å². The molecule has 2 aromatic rings. The molecule has 0 aliphatic rings. The van der Waals surface area contributed by atoms with Gasteiger partial charge in [0.2, 0.25) is 0 Å². The maximum absolute atomic E-state index is 5.79. The number of aromatic nitrogens is 1. The van der Waals surface area contributed by atoms with E-state index < -0.39 is 5.56 Å². The summed E-state index contributed by atoms with van der Waals surface area (Å²) in [6.07, 6.45) is 3.28. The van der Waals surface area contributed by atoms with Crippen LogP contribution in [0, 0.1) is 0 Å². The number of pyridine rings is 1. The van der Waals surface area contributed by atoms with E-state index >= 15 is 0 Å². The molecule has 2 rings (SSSR count). The zero-order valence-electron chi connectivity index (χ0n) is 8.06. The quantitative estimate of drug-likeness (QED) is 0.583. The lowest BCUT2D eigenvalue weighted by Crippen LogP contribution is -2.03. The maximum Gasteiger partial charge on any atom is 0.190 e. The van der Waals surface area contributed by atoms with Gasteiger partial charge < -0.3 is 4.74 Å². The zero-order chi connectivity index (χ0) is 10.7. The summed E-state index contributed by atoms with van der Waals surface area (Å²) in [5, 5.41) is 1.08. The van der Waals surface area contributed by atoms with E-state index in [1.807, 2.05) is 30.3 Å². The third-order valence-electron chi connectivity index (χ3n) is 2.01. The molecule has 0 saturated heterocycles. The predicted molar refractivity (Wildman–Crippen MR) is 62.2 cm³/mol. The fourth-order valence-electron chi connectivity index (χ4n) is 1.30. The Morgan fingerprint density at radius 1 is 1.40 bits per heavy atom. The van der Waals surface area contributed by atoms with Crippen LogP contribution < -0.4 is 4.74 Å². The Hall–Kier alpha value is -1.54. The van der Waals surface area contributed by atoms with Crippen LogP contribution in [0.3, 0.4) is 0 Å². The number of rotatable bonds is 3. The molecule has 0 N–H and O–H groups in total. The van der Waals surface area contributed by atoms with E-state index in [1.165, 1.54) is 6.08 Å². The molecule has 0 amide bonds. The van der Waals surface area contributed by atoms with Gasteiger partial charge in [0.15, 0.2) is 5.56 Å². The van der Waals surface area contributed by atoms with E-state index in [1.54, 1.807) is 6.20 Å². The van der Waals surface area contributed by atoms with E-state index in [4.69, 9.17) is 16.3 Å². The molecular formula is C12H10ClNO. The average Bonchev–Trinajstić information content (AvgIpc) is 2.29. The molecule has 1 unspecified atom stereocenters. The standard InChI is InChI=1S/C12H10ClNO/c1-2-12(13)15-10-6-5-9-4-3-7-14-11(9)8-10/h2-8,12H,1H2. The molecule has 76 valence electrons. The topological polar surface area (TPSA) is 22.1 Å². The minimum atomic E-state index is -0.508. The van der Waals surface area contributed by atoms with Crippen molar-refractivity contribution in [3.8, 4) is 5.75 Å². The normalized spacial score (nSPS) is 12.3. The Morgan fingerprint density at radius 2 is 2.27 bits per heavy atom. The Labute approximate surface area is 93.2 Å². The van der Waals surface area contributed by atoms with Gasteiger partial charge in [0.05, 0.1) is 5.52 Å². The van der Waals surface area contributed by atoms with Crippen LogP contribution in [0.15, 0.2) is 49.2 Å². The predicted octanol–water partition coefficient (Wildman–Crippen LogP) is 3.36. The second-order valence-electron chi connectivity index (χ2n) is 3.06. The Balaban J connectivity index is 2.34. The fraction of sp³-hybridized carbons (Fsp3) is 0.0833. The van der Waals surface area contributed by atoms with Crippen molar-refractivity contribution >= 4 is 22.5 Å². The molecule has 15 heavy (non-hydrogen) atoms. The fourth-order valence-corrected chi connectivity index (χ4v) is 1.40. The molecule has 1 atom stereocenters. The number of alkyl halides is 1. The largest absolute Gasteiger partial charge is 0.471 e. The summed E-state index contributed by atoms with van der Waals surface area (Å²) in [5.41, 5.74) is 0.383. The summed E-state index contributed by atoms with van der Waals surface area (Å²) in [5.74, 6) is 0.695. The average molecular weight is 220 g/mol. The van der Waals surface area contributed by atoms with E-state index in [-0.39, 0.29) is 0 Å². The van der Waals surface area contributed by atoms with Crippen molar-refractivity contribution in [2.75, 3.05) is 0 Å². The first-order valence-corrected chi connectivity index (χ1v) is 5.01. The van der Waals surface area contributed by atoms with Crippen LogP contribution in [-0.2, 0) is 0 Å². The first kappa shape index (κ1) is 9.99. The van der Waals surface area contributed by atoms with Crippen LogP contribution in [0.25, 0.3) is 10.9 Å². The number of nitrogens with zero attached hydrogens (tertiary/aromatic N) is 1. The Morgan fingerprint density at radius 3 is 3.07 bits per heavy atom. The summed E-state index contributed by atoms with van der Waals surface area (Å²) in [7, 11) is 0. The number of benzene rings is 1. The van der Waals surface area contributed by atoms with Gasteiger partial charge in [0, 0.05) is 17.6 Å². The van der Waals surface area contributed by atoms with Crippen LogP contribution in [0.1, 0.15) is 0 Å². The highest BCUT2D eigenvalue weighted by Crippen LogP contribution is 2.20. The van der Waals surface area contributed by atoms with Gasteiger partial charge in [-0.05, 0) is 24.3 Å². The summed E-state index contributed by atoms with van der Waals surface area (Å²) in [4.78, 5) is 4.23. The summed E-state index contributed by atoms with van der Waals surface area (Å²) >= 11 is 5.79. The van der Waals surface area contributed by atoms with E-state index in [0.717, 1.165) is 10.9 Å². The number of fused-ring (bicyclic) bond motifs is 1. The molecule has 0 spiro atoms. The van der Waals surface area contributed by atoms with Crippen LogP contribution in [0.2, 0.25) is 0 Å². The molecule has 1 aromatic heterocycles. The molecule has 0 radical (unpaired) electrons. The number of hydrogen-bond donors (Lipinski definition) is 0. The van der Waals surface area contributed by atoms with Gasteiger partial charge in [0.25, 0.3) is 0 Å². The molecule has 2 nitrogen and oxygen atoms in total. The third-order valence-corrected chi connectivity index (χ3v) is 2.28. The summed E-state index contributed by atoms with van der Waals surface area (Å²) in [6, 6.07) is 9.57. The highest BCUT2D eigenvalue weighted by molar-refractivity contribution is 6.20. The van der Waals surface area contributed by atoms with Gasteiger partial charge in [-0.3, -0.25) is 4.98 Å².